The molecular formula is C21H25N3O4. The Balaban J connectivity index is 1.68. The number of amides is 2. The molecule has 148 valence electrons. The van der Waals surface area contributed by atoms with Crippen LogP contribution in [-0.4, -0.2) is 60.3 Å². The van der Waals surface area contributed by atoms with Crippen LogP contribution in [0, 0.1) is 0 Å². The Kier molecular flexibility index (Phi) is 5.53. The minimum Gasteiger partial charge on any atom is -0.493 e. The molecule has 0 aliphatic carbocycles. The summed E-state index contributed by atoms with van der Waals surface area (Å²) in [7, 11) is 3.30. The van der Waals surface area contributed by atoms with Gasteiger partial charge in [-0.15, -0.1) is 0 Å². The van der Waals surface area contributed by atoms with E-state index in [1.165, 1.54) is 0 Å². The van der Waals surface area contributed by atoms with Gasteiger partial charge >= 0.3 is 0 Å². The maximum atomic E-state index is 13.2. The van der Waals surface area contributed by atoms with E-state index in [0.717, 1.165) is 5.57 Å². The molecule has 0 saturated heterocycles. The number of nitrogens with zero attached hydrogens (tertiary/aromatic N) is 3. The van der Waals surface area contributed by atoms with E-state index in [1.807, 2.05) is 49.5 Å². The molecule has 1 aromatic rings. The summed E-state index contributed by atoms with van der Waals surface area (Å²) >= 11 is 0. The largest absolute Gasteiger partial charge is 0.493 e. The molecule has 7 nitrogen and oxygen atoms in total. The van der Waals surface area contributed by atoms with Crippen LogP contribution in [0.1, 0.15) is 20.3 Å². The van der Waals surface area contributed by atoms with Crippen LogP contribution >= 0.6 is 0 Å². The minimum absolute atomic E-state index is 0.0320. The van der Waals surface area contributed by atoms with Gasteiger partial charge in [0.1, 0.15) is 18.0 Å². The summed E-state index contributed by atoms with van der Waals surface area (Å²) in [5.41, 5.74) is -0.0285. The van der Waals surface area contributed by atoms with E-state index in [2.05, 4.69) is 4.99 Å². The lowest BCUT2D eigenvalue weighted by Crippen LogP contribution is -2.60. The highest BCUT2D eigenvalue weighted by molar-refractivity contribution is 6.09. The molecular weight excluding hydrogens is 358 g/mol. The highest BCUT2D eigenvalue weighted by Crippen LogP contribution is 2.31. The van der Waals surface area contributed by atoms with E-state index < -0.39 is 5.54 Å². The molecule has 2 aliphatic rings. The SMILES string of the molecule is COc1ccccc1OCCN(C)C(=O)C1(C)CC(=O)N=C2C=C(C)C=CN21. The number of hydrogen-bond donors (Lipinski definition) is 0. The zero-order valence-electron chi connectivity index (χ0n) is 16.6. The van der Waals surface area contributed by atoms with Crippen molar-refractivity contribution in [3.05, 3.63) is 48.2 Å². The number of amidine groups is 1. The van der Waals surface area contributed by atoms with E-state index in [0.29, 0.717) is 30.5 Å². The average molecular weight is 383 g/mol. The van der Waals surface area contributed by atoms with E-state index in [1.54, 1.807) is 30.9 Å². The van der Waals surface area contributed by atoms with Gasteiger partial charge < -0.3 is 19.3 Å². The standard InChI is InChI=1S/C21H25N3O4/c1-15-9-10-24-18(13-15)22-19(25)14-21(24,2)20(26)23(3)11-12-28-17-8-6-5-7-16(17)27-4/h5-10,13H,11-12,14H2,1-4H3. The Hall–Kier alpha value is -3.09. The van der Waals surface area contributed by atoms with Crippen molar-refractivity contribution < 1.29 is 19.1 Å². The lowest BCUT2D eigenvalue weighted by molar-refractivity contribution is -0.142. The van der Waals surface area contributed by atoms with Crippen molar-refractivity contribution in [2.45, 2.75) is 25.8 Å². The first-order valence-corrected chi connectivity index (χ1v) is 9.14. The summed E-state index contributed by atoms with van der Waals surface area (Å²) in [5, 5.41) is 0. The quantitative estimate of drug-likeness (QED) is 0.754. The van der Waals surface area contributed by atoms with Crippen LogP contribution in [0.5, 0.6) is 11.5 Å². The van der Waals surface area contributed by atoms with Crippen LogP contribution in [0.3, 0.4) is 0 Å². The van der Waals surface area contributed by atoms with Gasteiger partial charge in [0, 0.05) is 13.2 Å². The van der Waals surface area contributed by atoms with Crippen molar-refractivity contribution in [2.24, 2.45) is 4.99 Å². The topological polar surface area (TPSA) is 71.4 Å². The molecule has 28 heavy (non-hydrogen) atoms. The molecule has 2 aliphatic heterocycles. The monoisotopic (exact) mass is 383 g/mol. The molecule has 0 N–H and O–H groups in total. The van der Waals surface area contributed by atoms with Crippen LogP contribution in [0.15, 0.2) is 53.2 Å². The molecule has 0 spiro atoms. The highest BCUT2D eigenvalue weighted by atomic mass is 16.5. The van der Waals surface area contributed by atoms with Gasteiger partial charge in [-0.2, -0.15) is 4.99 Å². The lowest BCUT2D eigenvalue weighted by atomic mass is 9.90. The summed E-state index contributed by atoms with van der Waals surface area (Å²) in [6.45, 7) is 4.39. The van der Waals surface area contributed by atoms with Crippen LogP contribution < -0.4 is 9.47 Å². The second-order valence-electron chi connectivity index (χ2n) is 7.11. The number of rotatable bonds is 6. The van der Waals surface area contributed by atoms with Gasteiger partial charge in [0.05, 0.1) is 20.1 Å². The normalized spacial score (nSPS) is 20.9. The van der Waals surface area contributed by atoms with Crippen molar-refractivity contribution in [1.82, 2.24) is 9.80 Å². The second kappa shape index (κ2) is 7.88. The third-order valence-corrected chi connectivity index (χ3v) is 4.92. The Morgan fingerprint density at radius 3 is 2.75 bits per heavy atom. The number of likely N-dealkylation sites (N-methyl/N-ethyl adjacent to an activating group) is 1. The molecule has 1 atom stereocenters. The van der Waals surface area contributed by atoms with Crippen LogP contribution in [-0.2, 0) is 9.59 Å². The average Bonchev–Trinajstić information content (AvgIpc) is 2.67. The summed E-state index contributed by atoms with van der Waals surface area (Å²) < 4.78 is 11.0. The summed E-state index contributed by atoms with van der Waals surface area (Å²) in [6, 6.07) is 7.36. The number of allylic oxidation sites excluding steroid dienone is 2. The Morgan fingerprint density at radius 2 is 2.04 bits per heavy atom. The molecule has 2 heterocycles. The van der Waals surface area contributed by atoms with Gasteiger partial charge in [-0.25, -0.2) is 0 Å². The number of hydrogen-bond acceptors (Lipinski definition) is 5. The van der Waals surface area contributed by atoms with Crippen molar-refractivity contribution in [2.75, 3.05) is 27.3 Å². The van der Waals surface area contributed by atoms with Gasteiger partial charge in [0.15, 0.2) is 11.5 Å². The molecule has 7 heteroatoms. The fraction of sp³-hybridized carbons (Fsp3) is 0.381. The molecule has 2 amide bonds. The van der Waals surface area contributed by atoms with Gasteiger partial charge in [-0.1, -0.05) is 12.1 Å². The first kappa shape index (κ1) is 19.7. The summed E-state index contributed by atoms with van der Waals surface area (Å²) in [5.74, 6) is 1.32. The third kappa shape index (κ3) is 3.78. The Labute approximate surface area is 164 Å². The lowest BCUT2D eigenvalue weighted by Gasteiger charge is -2.43. The number of carbonyl (C=O) groups is 2. The zero-order chi connectivity index (χ0) is 20.3. The third-order valence-electron chi connectivity index (χ3n) is 4.92. The van der Waals surface area contributed by atoms with Gasteiger partial charge in [-0.3, -0.25) is 9.59 Å². The second-order valence-corrected chi connectivity index (χ2v) is 7.11. The van der Waals surface area contributed by atoms with E-state index in [-0.39, 0.29) is 18.2 Å². The Bertz CT molecular complexity index is 874. The van der Waals surface area contributed by atoms with Crippen LogP contribution in [0.4, 0.5) is 0 Å². The highest BCUT2D eigenvalue weighted by Gasteiger charge is 2.46. The van der Waals surface area contributed by atoms with Crippen molar-refractivity contribution in [3.8, 4) is 11.5 Å². The van der Waals surface area contributed by atoms with Crippen molar-refractivity contribution >= 4 is 17.6 Å². The van der Waals surface area contributed by atoms with Gasteiger partial charge in [0.2, 0.25) is 5.91 Å². The molecule has 1 unspecified atom stereocenters. The number of para-hydroxylation sites is 2. The zero-order valence-corrected chi connectivity index (χ0v) is 16.6. The number of fused-ring (bicyclic) bond motifs is 1. The number of methoxy groups -OCH3 is 1. The molecule has 0 aromatic heterocycles. The van der Waals surface area contributed by atoms with Crippen molar-refractivity contribution in [3.63, 3.8) is 0 Å². The van der Waals surface area contributed by atoms with E-state index in [4.69, 9.17) is 9.47 Å². The summed E-state index contributed by atoms with van der Waals surface area (Å²) in [4.78, 5) is 32.8. The molecule has 0 radical (unpaired) electrons. The molecule has 1 aromatic carbocycles. The molecule has 3 rings (SSSR count). The molecule has 0 bridgehead atoms. The smallest absolute Gasteiger partial charge is 0.250 e. The number of carbonyl (C=O) groups excluding carboxylic acids is 2. The van der Waals surface area contributed by atoms with E-state index in [9.17, 15) is 9.59 Å². The Morgan fingerprint density at radius 1 is 1.32 bits per heavy atom. The fourth-order valence-electron chi connectivity index (χ4n) is 3.36. The van der Waals surface area contributed by atoms with Gasteiger partial charge in [0.25, 0.3) is 5.91 Å². The first-order chi connectivity index (χ1) is 13.3. The maximum absolute atomic E-state index is 13.2. The van der Waals surface area contributed by atoms with Crippen LogP contribution in [0.2, 0.25) is 0 Å². The van der Waals surface area contributed by atoms with Crippen LogP contribution in [0.25, 0.3) is 0 Å². The predicted octanol–water partition coefficient (Wildman–Crippen LogP) is 2.40. The van der Waals surface area contributed by atoms with Crippen molar-refractivity contribution in [1.29, 1.82) is 0 Å². The molecule has 0 saturated carbocycles. The fourth-order valence-corrected chi connectivity index (χ4v) is 3.36. The molecule has 0 fully saturated rings. The van der Waals surface area contributed by atoms with Gasteiger partial charge in [-0.05, 0) is 43.7 Å². The predicted molar refractivity (Wildman–Crippen MR) is 106 cm³/mol. The first-order valence-electron chi connectivity index (χ1n) is 9.14. The minimum atomic E-state index is -1.01. The maximum Gasteiger partial charge on any atom is 0.250 e. The number of ether oxygens (including phenoxy) is 2. The number of benzene rings is 1. The number of aliphatic imine (C=N–C) groups is 1. The summed E-state index contributed by atoms with van der Waals surface area (Å²) in [6.07, 6.45) is 5.57. The van der Waals surface area contributed by atoms with E-state index >= 15 is 0 Å².